The average molecular weight is 558 g/mol. The fraction of sp³-hybridized carbons (Fsp3) is 0.581. The number of fused-ring (bicyclic) bond motifs is 2. The van der Waals surface area contributed by atoms with Crippen LogP contribution in [0, 0.1) is 5.92 Å². The Bertz CT molecular complexity index is 1140. The van der Waals surface area contributed by atoms with Gasteiger partial charge in [0, 0.05) is 17.0 Å². The molecule has 2 aromatic rings. The van der Waals surface area contributed by atoms with Crippen LogP contribution in [0.5, 0.6) is 5.75 Å². The number of carbonyl (C=O) groups is 1. The van der Waals surface area contributed by atoms with E-state index in [9.17, 15) is 9.90 Å². The maximum atomic E-state index is 13.1. The number of hydrogen-bond acceptors (Lipinski definition) is 5. The van der Waals surface area contributed by atoms with E-state index in [4.69, 9.17) is 20.8 Å². The fourth-order valence-electron chi connectivity index (χ4n) is 5.78. The lowest BCUT2D eigenvalue weighted by molar-refractivity contribution is -0.148. The van der Waals surface area contributed by atoms with E-state index >= 15 is 0 Å². The number of aliphatic hydroxyl groups is 1. The Hall–Kier alpha value is -1.86. The molecule has 1 aliphatic heterocycles. The number of carbonyl (C=O) groups excluding carboxylic acids is 1. The molecule has 0 amide bonds. The summed E-state index contributed by atoms with van der Waals surface area (Å²) in [5.74, 6) is 0.323. The summed E-state index contributed by atoms with van der Waals surface area (Å²) in [5.41, 5.74) is 3.34. The van der Waals surface area contributed by atoms with Gasteiger partial charge in [-0.15, -0.1) is 0 Å². The number of ether oxygens (including phenoxy) is 1. The highest BCUT2D eigenvalue weighted by Crippen LogP contribution is 2.50. The van der Waals surface area contributed by atoms with Crippen molar-refractivity contribution in [3.05, 3.63) is 64.2 Å². The molecule has 2 unspecified atom stereocenters. The molecule has 1 N–H and O–H groups in total. The van der Waals surface area contributed by atoms with Gasteiger partial charge in [-0.25, -0.2) is 0 Å². The first kappa shape index (κ1) is 29.1. The summed E-state index contributed by atoms with van der Waals surface area (Å²) in [6.45, 7) is 15.7. The Morgan fingerprint density at radius 1 is 1.18 bits per heavy atom. The van der Waals surface area contributed by atoms with Gasteiger partial charge in [-0.2, -0.15) is 0 Å². The smallest absolute Gasteiger partial charge is 0.310 e. The molecule has 1 spiro atoms. The Morgan fingerprint density at radius 2 is 1.87 bits per heavy atom. The van der Waals surface area contributed by atoms with Crippen molar-refractivity contribution >= 4 is 25.9 Å². The second-order valence-corrected chi connectivity index (χ2v) is 17.8. The van der Waals surface area contributed by atoms with Crippen LogP contribution in [0.2, 0.25) is 23.2 Å². The lowest BCUT2D eigenvalue weighted by atomic mass is 9.73. The van der Waals surface area contributed by atoms with Crippen LogP contribution in [0.3, 0.4) is 0 Å². The highest BCUT2D eigenvalue weighted by atomic mass is 35.5. The third kappa shape index (κ3) is 6.14. The molecule has 1 fully saturated rings. The van der Waals surface area contributed by atoms with Gasteiger partial charge < -0.3 is 19.2 Å². The van der Waals surface area contributed by atoms with E-state index in [1.165, 1.54) is 5.56 Å². The third-order valence-corrected chi connectivity index (χ3v) is 13.8. The Labute approximate surface area is 234 Å². The van der Waals surface area contributed by atoms with E-state index in [1.807, 2.05) is 31.2 Å². The third-order valence-electron chi connectivity index (χ3n) is 9.05. The summed E-state index contributed by atoms with van der Waals surface area (Å²) in [6, 6.07) is 14.2. The SMILES string of the molecule is CCOC(=O)C(Cc1cc(O[Si](C)(C)C(C)(C)C)ccc1Cl)CN1CCC2(CC1)CC(O)c1ccccc12. The highest BCUT2D eigenvalue weighted by molar-refractivity contribution is 6.74. The lowest BCUT2D eigenvalue weighted by Gasteiger charge is -2.41. The predicted molar refractivity (Wildman–Crippen MR) is 156 cm³/mol. The Morgan fingerprint density at radius 3 is 2.53 bits per heavy atom. The molecule has 208 valence electrons. The summed E-state index contributed by atoms with van der Waals surface area (Å²) in [5, 5.41) is 11.4. The van der Waals surface area contributed by atoms with Crippen LogP contribution >= 0.6 is 11.6 Å². The number of hydrogen-bond donors (Lipinski definition) is 1. The van der Waals surface area contributed by atoms with Gasteiger partial charge in [-0.3, -0.25) is 4.79 Å². The molecule has 7 heteroatoms. The van der Waals surface area contributed by atoms with Crippen molar-refractivity contribution in [3.63, 3.8) is 0 Å². The molecule has 2 aromatic carbocycles. The predicted octanol–water partition coefficient (Wildman–Crippen LogP) is 6.92. The first-order valence-corrected chi connectivity index (χ1v) is 17.3. The van der Waals surface area contributed by atoms with Gasteiger partial charge in [-0.05, 0) is 98.7 Å². The van der Waals surface area contributed by atoms with E-state index in [0.29, 0.717) is 24.6 Å². The summed E-state index contributed by atoms with van der Waals surface area (Å²) < 4.78 is 12.0. The molecule has 0 radical (unpaired) electrons. The van der Waals surface area contributed by atoms with Gasteiger partial charge in [0.05, 0.1) is 18.6 Å². The molecule has 1 heterocycles. The number of piperidine rings is 1. The monoisotopic (exact) mass is 557 g/mol. The number of likely N-dealkylation sites (tertiary alicyclic amines) is 1. The number of benzene rings is 2. The second-order valence-electron chi connectivity index (χ2n) is 12.7. The molecule has 38 heavy (non-hydrogen) atoms. The van der Waals surface area contributed by atoms with E-state index in [0.717, 1.165) is 49.2 Å². The number of halogens is 1. The van der Waals surface area contributed by atoms with Gasteiger partial charge in [0.15, 0.2) is 0 Å². The number of esters is 1. The largest absolute Gasteiger partial charge is 0.543 e. The van der Waals surface area contributed by atoms with Crippen LogP contribution in [0.1, 0.15) is 69.8 Å². The van der Waals surface area contributed by atoms with Gasteiger partial charge in [0.1, 0.15) is 5.75 Å². The number of aliphatic hydroxyl groups excluding tert-OH is 1. The van der Waals surface area contributed by atoms with Crippen molar-refractivity contribution in [1.29, 1.82) is 0 Å². The van der Waals surface area contributed by atoms with E-state index in [-0.39, 0.29) is 28.4 Å². The molecule has 4 rings (SSSR count). The molecule has 1 saturated heterocycles. The second kappa shape index (κ2) is 11.3. The van der Waals surface area contributed by atoms with Gasteiger partial charge in [-0.1, -0.05) is 56.6 Å². The molecule has 1 aliphatic carbocycles. The summed E-state index contributed by atoms with van der Waals surface area (Å²) in [4.78, 5) is 15.5. The average Bonchev–Trinajstić information content (AvgIpc) is 3.12. The van der Waals surface area contributed by atoms with Crippen molar-refractivity contribution in [2.24, 2.45) is 5.92 Å². The van der Waals surface area contributed by atoms with Crippen molar-refractivity contribution in [1.82, 2.24) is 4.90 Å². The van der Waals surface area contributed by atoms with Gasteiger partial charge in [0.2, 0.25) is 8.32 Å². The van der Waals surface area contributed by atoms with Crippen LogP contribution in [-0.2, 0) is 21.4 Å². The van der Waals surface area contributed by atoms with E-state index in [2.05, 4.69) is 57.0 Å². The van der Waals surface area contributed by atoms with E-state index in [1.54, 1.807) is 0 Å². The van der Waals surface area contributed by atoms with Crippen molar-refractivity contribution in [3.8, 4) is 5.75 Å². The molecular weight excluding hydrogens is 514 g/mol. The molecule has 5 nitrogen and oxygen atoms in total. The molecule has 2 aliphatic rings. The molecule has 0 bridgehead atoms. The topological polar surface area (TPSA) is 59.0 Å². The van der Waals surface area contributed by atoms with Crippen LogP contribution in [0.25, 0.3) is 0 Å². The zero-order valence-electron chi connectivity index (χ0n) is 23.9. The minimum absolute atomic E-state index is 0.0324. The van der Waals surface area contributed by atoms with Crippen LogP contribution in [-0.4, -0.2) is 50.5 Å². The standard InChI is InChI=1S/C31H44ClNO4Si/c1-7-36-29(35)23(18-22-19-24(12-13-27(22)32)37-38(5,6)30(2,3)4)21-33-16-14-31(15-17-33)20-28(34)25-10-8-9-11-26(25)31/h8-13,19,23,28,34H,7,14-18,20-21H2,1-6H3. The normalized spacial score (nSPS) is 20.3. The fourth-order valence-corrected chi connectivity index (χ4v) is 6.99. The van der Waals surface area contributed by atoms with Crippen molar-refractivity contribution in [2.75, 3.05) is 26.2 Å². The molecule has 0 aromatic heterocycles. The first-order valence-electron chi connectivity index (χ1n) is 14.0. The minimum atomic E-state index is -2.00. The first-order chi connectivity index (χ1) is 17.8. The molecule has 2 atom stereocenters. The van der Waals surface area contributed by atoms with Crippen LogP contribution in [0.4, 0.5) is 0 Å². The van der Waals surface area contributed by atoms with Crippen molar-refractivity contribution < 1.29 is 19.1 Å². The van der Waals surface area contributed by atoms with Gasteiger partial charge >= 0.3 is 5.97 Å². The minimum Gasteiger partial charge on any atom is -0.543 e. The Balaban J connectivity index is 1.47. The van der Waals surface area contributed by atoms with Crippen molar-refractivity contribution in [2.45, 2.75) is 83.0 Å². The van der Waals surface area contributed by atoms with Crippen LogP contribution < -0.4 is 4.43 Å². The Kier molecular flexibility index (Phi) is 8.68. The maximum Gasteiger partial charge on any atom is 0.310 e. The summed E-state index contributed by atoms with van der Waals surface area (Å²) >= 11 is 6.64. The number of rotatable bonds is 8. The van der Waals surface area contributed by atoms with Gasteiger partial charge in [0.25, 0.3) is 0 Å². The number of nitrogens with zero attached hydrogens (tertiary/aromatic N) is 1. The zero-order chi connectivity index (χ0) is 27.7. The van der Waals surface area contributed by atoms with Crippen LogP contribution in [0.15, 0.2) is 42.5 Å². The maximum absolute atomic E-state index is 13.1. The summed E-state index contributed by atoms with van der Waals surface area (Å²) in [7, 11) is -2.00. The zero-order valence-corrected chi connectivity index (χ0v) is 25.6. The van der Waals surface area contributed by atoms with E-state index < -0.39 is 8.32 Å². The quantitative estimate of drug-likeness (QED) is 0.282. The summed E-state index contributed by atoms with van der Waals surface area (Å²) in [6.07, 6.45) is 2.88. The molecular formula is C31H44ClNO4Si. The highest BCUT2D eigenvalue weighted by Gasteiger charge is 2.45. The lowest BCUT2D eigenvalue weighted by Crippen LogP contribution is -2.45. The molecule has 0 saturated carbocycles.